The van der Waals surface area contributed by atoms with E-state index in [1.165, 1.54) is 7.11 Å². The van der Waals surface area contributed by atoms with E-state index >= 15 is 0 Å². The lowest BCUT2D eigenvalue weighted by atomic mass is 9.96. The van der Waals surface area contributed by atoms with Crippen molar-refractivity contribution in [2.75, 3.05) is 20.3 Å². The van der Waals surface area contributed by atoms with Crippen molar-refractivity contribution in [3.05, 3.63) is 23.8 Å². The summed E-state index contributed by atoms with van der Waals surface area (Å²) in [6.45, 7) is 4.97. The molecule has 0 saturated carbocycles. The smallest absolute Gasteiger partial charge is 0.160 e. The first-order chi connectivity index (χ1) is 9.46. The molecular formula is C15H23NO4. The predicted molar refractivity (Wildman–Crippen MR) is 76.1 cm³/mol. The summed E-state index contributed by atoms with van der Waals surface area (Å²) >= 11 is 0. The van der Waals surface area contributed by atoms with Crippen LogP contribution in [0.5, 0.6) is 11.5 Å². The Morgan fingerprint density at radius 2 is 2.30 bits per heavy atom. The Morgan fingerprint density at radius 3 is 2.90 bits per heavy atom. The van der Waals surface area contributed by atoms with Gasteiger partial charge in [0, 0.05) is 25.6 Å². The molecule has 3 atom stereocenters. The fourth-order valence-electron chi connectivity index (χ4n) is 2.41. The monoisotopic (exact) mass is 281 g/mol. The Labute approximate surface area is 119 Å². The molecule has 0 spiro atoms. The Kier molecular flexibility index (Phi) is 4.52. The molecule has 5 heteroatoms. The zero-order chi connectivity index (χ0) is 14.8. The number of aromatic hydroxyl groups is 1. The number of aliphatic hydroxyl groups is 1. The third kappa shape index (κ3) is 3.06. The minimum atomic E-state index is -0.810. The molecule has 3 N–H and O–H groups in total. The van der Waals surface area contributed by atoms with E-state index in [4.69, 9.17) is 9.47 Å². The van der Waals surface area contributed by atoms with Gasteiger partial charge in [0.05, 0.1) is 13.2 Å². The minimum absolute atomic E-state index is 0.0429. The predicted octanol–water partition coefficient (Wildman–Crippen LogP) is 1.59. The van der Waals surface area contributed by atoms with Crippen molar-refractivity contribution >= 4 is 0 Å². The quantitative estimate of drug-likeness (QED) is 0.764. The molecule has 1 aliphatic rings. The van der Waals surface area contributed by atoms with Gasteiger partial charge in [0.15, 0.2) is 11.5 Å². The van der Waals surface area contributed by atoms with E-state index < -0.39 is 5.60 Å². The number of phenolic OH excluding ortho intramolecular Hbond substituents is 1. The number of ether oxygens (including phenoxy) is 2. The number of methoxy groups -OCH3 is 1. The maximum absolute atomic E-state index is 10.4. The molecule has 0 aromatic heterocycles. The highest BCUT2D eigenvalue weighted by Crippen LogP contribution is 2.30. The molecule has 112 valence electrons. The maximum atomic E-state index is 10.4. The van der Waals surface area contributed by atoms with E-state index in [0.717, 1.165) is 5.56 Å². The molecule has 5 nitrogen and oxygen atoms in total. The van der Waals surface area contributed by atoms with Crippen molar-refractivity contribution in [2.24, 2.45) is 0 Å². The fraction of sp³-hybridized carbons (Fsp3) is 0.600. The Hall–Kier alpha value is -1.30. The summed E-state index contributed by atoms with van der Waals surface area (Å²) in [6.07, 6.45) is 0.490. The van der Waals surface area contributed by atoms with Crippen LogP contribution in [-0.4, -0.2) is 42.2 Å². The van der Waals surface area contributed by atoms with Crippen molar-refractivity contribution in [2.45, 2.75) is 38.0 Å². The van der Waals surface area contributed by atoms with Gasteiger partial charge in [-0.2, -0.15) is 0 Å². The molecule has 2 rings (SSSR count). The number of benzene rings is 1. The fourth-order valence-corrected chi connectivity index (χ4v) is 2.41. The maximum Gasteiger partial charge on any atom is 0.160 e. The molecule has 1 aromatic rings. The lowest BCUT2D eigenvalue weighted by molar-refractivity contribution is -0.0274. The van der Waals surface area contributed by atoms with Gasteiger partial charge in [0.2, 0.25) is 0 Å². The van der Waals surface area contributed by atoms with Crippen molar-refractivity contribution in [1.29, 1.82) is 0 Å². The molecule has 1 fully saturated rings. The normalized spacial score (nSPS) is 27.5. The second-order valence-corrected chi connectivity index (χ2v) is 5.40. The van der Waals surface area contributed by atoms with Crippen LogP contribution in [0.4, 0.5) is 0 Å². The van der Waals surface area contributed by atoms with Gasteiger partial charge in [-0.3, -0.25) is 0 Å². The second-order valence-electron chi connectivity index (χ2n) is 5.40. The van der Waals surface area contributed by atoms with Crippen LogP contribution in [-0.2, 0) is 4.74 Å². The Balaban J connectivity index is 2.00. The molecular weight excluding hydrogens is 258 g/mol. The van der Waals surface area contributed by atoms with Gasteiger partial charge in [0.25, 0.3) is 0 Å². The van der Waals surface area contributed by atoms with Crippen molar-refractivity contribution < 1.29 is 19.7 Å². The second kappa shape index (κ2) is 5.99. The van der Waals surface area contributed by atoms with E-state index in [0.29, 0.717) is 25.3 Å². The van der Waals surface area contributed by atoms with Crippen LogP contribution >= 0.6 is 0 Å². The highest BCUT2D eigenvalue weighted by atomic mass is 16.5. The topological polar surface area (TPSA) is 71.0 Å². The van der Waals surface area contributed by atoms with Crippen molar-refractivity contribution in [3.8, 4) is 11.5 Å². The van der Waals surface area contributed by atoms with E-state index in [2.05, 4.69) is 5.32 Å². The molecule has 0 aliphatic carbocycles. The molecule has 1 heterocycles. The third-order valence-corrected chi connectivity index (χ3v) is 4.08. The summed E-state index contributed by atoms with van der Waals surface area (Å²) in [5.74, 6) is 0.576. The first-order valence-corrected chi connectivity index (χ1v) is 6.90. The van der Waals surface area contributed by atoms with Crippen LogP contribution in [0.2, 0.25) is 0 Å². The van der Waals surface area contributed by atoms with Gasteiger partial charge in [-0.1, -0.05) is 6.07 Å². The summed E-state index contributed by atoms with van der Waals surface area (Å²) in [6, 6.07) is 5.30. The molecule has 1 saturated heterocycles. The molecule has 1 aromatic carbocycles. The van der Waals surface area contributed by atoms with Gasteiger partial charge in [-0.25, -0.2) is 0 Å². The Morgan fingerprint density at radius 1 is 1.55 bits per heavy atom. The minimum Gasteiger partial charge on any atom is -0.504 e. The van der Waals surface area contributed by atoms with Gasteiger partial charge in [-0.05, 0) is 31.5 Å². The molecule has 0 amide bonds. The van der Waals surface area contributed by atoms with Crippen molar-refractivity contribution in [3.63, 3.8) is 0 Å². The standard InChI is InChI=1S/C15H23NO4/c1-10(12-4-5-13(17)14(8-12)19-3)16-9-15(18)6-7-20-11(15)2/h4-5,8,10-11,16-18H,6-7,9H2,1-3H3. The molecule has 0 radical (unpaired) electrons. The zero-order valence-electron chi connectivity index (χ0n) is 12.2. The molecule has 0 bridgehead atoms. The first-order valence-electron chi connectivity index (χ1n) is 6.90. The van der Waals surface area contributed by atoms with Gasteiger partial charge in [-0.15, -0.1) is 0 Å². The highest BCUT2D eigenvalue weighted by molar-refractivity contribution is 5.42. The average Bonchev–Trinajstić information content (AvgIpc) is 2.77. The summed E-state index contributed by atoms with van der Waals surface area (Å²) in [5.41, 5.74) is 0.185. The van der Waals surface area contributed by atoms with Gasteiger partial charge >= 0.3 is 0 Å². The van der Waals surface area contributed by atoms with E-state index in [-0.39, 0.29) is 17.9 Å². The van der Waals surface area contributed by atoms with Crippen LogP contribution in [0, 0.1) is 0 Å². The summed E-state index contributed by atoms with van der Waals surface area (Å²) in [5, 5.41) is 23.4. The first kappa shape index (κ1) is 15.1. The Bertz CT molecular complexity index is 465. The number of phenols is 1. The lowest BCUT2D eigenvalue weighted by Crippen LogP contribution is -2.46. The van der Waals surface area contributed by atoms with Crippen LogP contribution in [0.25, 0.3) is 0 Å². The zero-order valence-corrected chi connectivity index (χ0v) is 12.2. The van der Waals surface area contributed by atoms with E-state index in [1.807, 2.05) is 19.9 Å². The number of hydrogen-bond donors (Lipinski definition) is 3. The van der Waals surface area contributed by atoms with Crippen LogP contribution in [0.3, 0.4) is 0 Å². The number of hydrogen-bond acceptors (Lipinski definition) is 5. The molecule has 1 aliphatic heterocycles. The number of nitrogens with one attached hydrogen (secondary N) is 1. The van der Waals surface area contributed by atoms with Crippen molar-refractivity contribution in [1.82, 2.24) is 5.32 Å². The van der Waals surface area contributed by atoms with Crippen LogP contribution in [0.1, 0.15) is 31.9 Å². The largest absolute Gasteiger partial charge is 0.504 e. The average molecular weight is 281 g/mol. The van der Waals surface area contributed by atoms with Crippen LogP contribution in [0.15, 0.2) is 18.2 Å². The van der Waals surface area contributed by atoms with Gasteiger partial charge < -0.3 is 25.0 Å². The summed E-state index contributed by atoms with van der Waals surface area (Å²) in [7, 11) is 1.52. The SMILES string of the molecule is COc1cc(C(C)NCC2(O)CCOC2C)ccc1O. The summed E-state index contributed by atoms with van der Waals surface area (Å²) < 4.78 is 10.5. The molecule has 3 unspecified atom stereocenters. The highest BCUT2D eigenvalue weighted by Gasteiger charge is 2.39. The number of rotatable bonds is 5. The van der Waals surface area contributed by atoms with E-state index in [1.54, 1.807) is 12.1 Å². The lowest BCUT2D eigenvalue weighted by Gasteiger charge is -2.28. The van der Waals surface area contributed by atoms with E-state index in [9.17, 15) is 10.2 Å². The third-order valence-electron chi connectivity index (χ3n) is 4.08. The molecule has 20 heavy (non-hydrogen) atoms. The van der Waals surface area contributed by atoms with Gasteiger partial charge in [0.1, 0.15) is 5.60 Å². The van der Waals surface area contributed by atoms with Crippen LogP contribution < -0.4 is 10.1 Å². The summed E-state index contributed by atoms with van der Waals surface area (Å²) in [4.78, 5) is 0.